The third-order valence-electron chi connectivity index (χ3n) is 2.70. The second-order valence-electron chi connectivity index (χ2n) is 4.28. The predicted molar refractivity (Wildman–Crippen MR) is 73.6 cm³/mol. The van der Waals surface area contributed by atoms with E-state index in [0.29, 0.717) is 11.2 Å². The summed E-state index contributed by atoms with van der Waals surface area (Å²) in [7, 11) is 0. The number of aromatic nitrogens is 2. The van der Waals surface area contributed by atoms with Gasteiger partial charge in [-0.1, -0.05) is 38.8 Å². The molecule has 0 saturated carbocycles. The SMILES string of the molecule is CCCc1nc(Cl)cc(NC(CC)CCC)n1. The summed E-state index contributed by atoms with van der Waals surface area (Å²) < 4.78 is 0. The van der Waals surface area contributed by atoms with Crippen LogP contribution in [0, 0.1) is 0 Å². The Morgan fingerprint density at radius 2 is 2.00 bits per heavy atom. The van der Waals surface area contributed by atoms with Crippen molar-refractivity contribution in [3.05, 3.63) is 17.0 Å². The number of anilines is 1. The van der Waals surface area contributed by atoms with E-state index in [4.69, 9.17) is 11.6 Å². The van der Waals surface area contributed by atoms with Crippen molar-refractivity contribution in [2.75, 3.05) is 5.32 Å². The number of aryl methyl sites for hydroxylation is 1. The Balaban J connectivity index is 2.75. The van der Waals surface area contributed by atoms with Crippen LogP contribution in [0.25, 0.3) is 0 Å². The Morgan fingerprint density at radius 1 is 1.24 bits per heavy atom. The highest BCUT2D eigenvalue weighted by Crippen LogP contribution is 2.15. The van der Waals surface area contributed by atoms with Crippen LogP contribution in [0.2, 0.25) is 5.15 Å². The summed E-state index contributed by atoms with van der Waals surface area (Å²) in [4.78, 5) is 8.70. The first-order valence-corrected chi connectivity index (χ1v) is 6.87. The average Bonchev–Trinajstić information content (AvgIpc) is 2.28. The van der Waals surface area contributed by atoms with Gasteiger partial charge in [-0.3, -0.25) is 0 Å². The summed E-state index contributed by atoms with van der Waals surface area (Å²) in [6.07, 6.45) is 5.33. The van der Waals surface area contributed by atoms with Crippen molar-refractivity contribution in [1.82, 2.24) is 9.97 Å². The van der Waals surface area contributed by atoms with Crippen LogP contribution in [0.3, 0.4) is 0 Å². The second-order valence-corrected chi connectivity index (χ2v) is 4.67. The molecule has 4 heteroatoms. The minimum absolute atomic E-state index is 0.473. The van der Waals surface area contributed by atoms with E-state index in [9.17, 15) is 0 Å². The van der Waals surface area contributed by atoms with Gasteiger partial charge in [0.1, 0.15) is 16.8 Å². The van der Waals surface area contributed by atoms with E-state index >= 15 is 0 Å². The van der Waals surface area contributed by atoms with Gasteiger partial charge in [0.25, 0.3) is 0 Å². The maximum Gasteiger partial charge on any atom is 0.134 e. The first-order valence-electron chi connectivity index (χ1n) is 6.49. The number of rotatable bonds is 7. The van der Waals surface area contributed by atoms with Crippen molar-refractivity contribution >= 4 is 17.4 Å². The van der Waals surface area contributed by atoms with Gasteiger partial charge in [-0.05, 0) is 19.3 Å². The third kappa shape index (κ3) is 4.90. The zero-order chi connectivity index (χ0) is 12.7. The second kappa shape index (κ2) is 7.49. The summed E-state index contributed by atoms with van der Waals surface area (Å²) in [6.45, 7) is 6.49. The van der Waals surface area contributed by atoms with Gasteiger partial charge < -0.3 is 5.32 Å². The Morgan fingerprint density at radius 3 is 2.59 bits per heavy atom. The van der Waals surface area contributed by atoms with Gasteiger partial charge in [0.15, 0.2) is 0 Å². The Kier molecular flexibility index (Phi) is 6.27. The van der Waals surface area contributed by atoms with Gasteiger partial charge in [-0.2, -0.15) is 0 Å². The molecule has 1 unspecified atom stereocenters. The Bertz CT molecular complexity index is 341. The maximum absolute atomic E-state index is 6.00. The fraction of sp³-hybridized carbons (Fsp3) is 0.692. The zero-order valence-electron chi connectivity index (χ0n) is 11.0. The van der Waals surface area contributed by atoms with Crippen molar-refractivity contribution in [3.8, 4) is 0 Å². The van der Waals surface area contributed by atoms with Crippen LogP contribution in [0.5, 0.6) is 0 Å². The first kappa shape index (κ1) is 14.2. The van der Waals surface area contributed by atoms with Crippen molar-refractivity contribution in [2.24, 2.45) is 0 Å². The number of nitrogens with one attached hydrogen (secondary N) is 1. The molecule has 0 bridgehead atoms. The van der Waals surface area contributed by atoms with Crippen LogP contribution < -0.4 is 5.32 Å². The van der Waals surface area contributed by atoms with Crippen LogP contribution >= 0.6 is 11.6 Å². The molecule has 1 atom stereocenters. The molecule has 3 nitrogen and oxygen atoms in total. The molecule has 1 aromatic heterocycles. The molecule has 1 rings (SSSR count). The lowest BCUT2D eigenvalue weighted by Gasteiger charge is -2.17. The Hall–Kier alpha value is -0.830. The molecule has 1 heterocycles. The zero-order valence-corrected chi connectivity index (χ0v) is 11.7. The van der Waals surface area contributed by atoms with Gasteiger partial charge >= 0.3 is 0 Å². The van der Waals surface area contributed by atoms with Crippen molar-refractivity contribution < 1.29 is 0 Å². The smallest absolute Gasteiger partial charge is 0.134 e. The average molecular weight is 256 g/mol. The van der Waals surface area contributed by atoms with Crippen LogP contribution in [0.1, 0.15) is 52.3 Å². The van der Waals surface area contributed by atoms with E-state index < -0.39 is 0 Å². The lowest BCUT2D eigenvalue weighted by atomic mass is 10.1. The molecule has 1 N–H and O–H groups in total. The molecule has 17 heavy (non-hydrogen) atoms. The summed E-state index contributed by atoms with van der Waals surface area (Å²) >= 11 is 6.00. The summed E-state index contributed by atoms with van der Waals surface area (Å²) in [5.74, 6) is 1.68. The van der Waals surface area contributed by atoms with E-state index in [1.54, 1.807) is 6.07 Å². The molecule has 0 aliphatic rings. The van der Waals surface area contributed by atoms with Crippen molar-refractivity contribution in [2.45, 2.75) is 58.9 Å². The molecular formula is C13H22ClN3. The molecule has 0 aliphatic heterocycles. The molecule has 0 radical (unpaired) electrons. The topological polar surface area (TPSA) is 37.8 Å². The number of halogens is 1. The Labute approximate surface area is 109 Å². The highest BCUT2D eigenvalue weighted by atomic mass is 35.5. The summed E-state index contributed by atoms with van der Waals surface area (Å²) in [6, 6.07) is 2.28. The van der Waals surface area contributed by atoms with Gasteiger partial charge in [0.05, 0.1) is 0 Å². The first-order chi connectivity index (χ1) is 8.19. The van der Waals surface area contributed by atoms with Crippen LogP contribution in [-0.4, -0.2) is 16.0 Å². The molecule has 1 aromatic rings. The summed E-state index contributed by atoms with van der Waals surface area (Å²) in [5.41, 5.74) is 0. The fourth-order valence-electron chi connectivity index (χ4n) is 1.81. The number of hydrogen-bond donors (Lipinski definition) is 1. The molecular weight excluding hydrogens is 234 g/mol. The number of hydrogen-bond acceptors (Lipinski definition) is 3. The maximum atomic E-state index is 6.00. The van der Waals surface area contributed by atoms with E-state index in [1.165, 1.54) is 6.42 Å². The lowest BCUT2D eigenvalue weighted by Crippen LogP contribution is -2.19. The van der Waals surface area contributed by atoms with Crippen LogP contribution in [0.15, 0.2) is 6.07 Å². The van der Waals surface area contributed by atoms with E-state index in [0.717, 1.165) is 37.3 Å². The minimum atomic E-state index is 0.473. The van der Waals surface area contributed by atoms with Gasteiger partial charge in [-0.25, -0.2) is 9.97 Å². The monoisotopic (exact) mass is 255 g/mol. The van der Waals surface area contributed by atoms with Crippen LogP contribution in [-0.2, 0) is 6.42 Å². The van der Waals surface area contributed by atoms with Gasteiger partial charge in [-0.15, -0.1) is 0 Å². The van der Waals surface area contributed by atoms with Gasteiger partial charge in [0.2, 0.25) is 0 Å². The fourth-order valence-corrected chi connectivity index (χ4v) is 2.01. The van der Waals surface area contributed by atoms with E-state index in [2.05, 4.69) is 36.1 Å². The quantitative estimate of drug-likeness (QED) is 0.747. The lowest BCUT2D eigenvalue weighted by molar-refractivity contribution is 0.619. The molecule has 0 amide bonds. The molecule has 0 aromatic carbocycles. The number of nitrogens with zero attached hydrogens (tertiary/aromatic N) is 2. The van der Waals surface area contributed by atoms with Crippen molar-refractivity contribution in [1.29, 1.82) is 0 Å². The molecule has 96 valence electrons. The van der Waals surface area contributed by atoms with Crippen LogP contribution in [0.4, 0.5) is 5.82 Å². The van der Waals surface area contributed by atoms with E-state index in [-0.39, 0.29) is 0 Å². The highest BCUT2D eigenvalue weighted by Gasteiger charge is 2.08. The predicted octanol–water partition coefficient (Wildman–Crippen LogP) is 4.07. The largest absolute Gasteiger partial charge is 0.367 e. The molecule has 0 saturated heterocycles. The van der Waals surface area contributed by atoms with E-state index in [1.807, 2.05) is 0 Å². The third-order valence-corrected chi connectivity index (χ3v) is 2.89. The van der Waals surface area contributed by atoms with Crippen molar-refractivity contribution in [3.63, 3.8) is 0 Å². The minimum Gasteiger partial charge on any atom is -0.367 e. The standard InChI is InChI=1S/C13H22ClN3/c1-4-7-10(6-3)15-13-9-11(14)16-12(17-13)8-5-2/h9-10H,4-8H2,1-3H3,(H,15,16,17). The molecule has 0 aliphatic carbocycles. The summed E-state index contributed by atoms with van der Waals surface area (Å²) in [5, 5.41) is 3.96. The molecule has 0 fully saturated rings. The highest BCUT2D eigenvalue weighted by molar-refractivity contribution is 6.29. The molecule has 0 spiro atoms. The van der Waals surface area contributed by atoms with Gasteiger partial charge in [0, 0.05) is 18.5 Å². The normalized spacial score (nSPS) is 12.5.